The van der Waals surface area contributed by atoms with Crippen molar-refractivity contribution in [3.05, 3.63) is 75.2 Å². The van der Waals surface area contributed by atoms with Crippen LogP contribution in [0.25, 0.3) is 10.6 Å². The standard InChI is InChI=1S/C18H15BrN2OS/c1-12-16(23-18(21-12)13-6-3-2-4-7-13)11-20-17(22)14-8-5-9-15(19)10-14/h2-10H,11H2,1H3,(H,20,22). The molecule has 0 unspecified atom stereocenters. The molecule has 0 bridgehead atoms. The van der Waals surface area contributed by atoms with Gasteiger partial charge in [0.1, 0.15) is 5.01 Å². The fourth-order valence-corrected chi connectivity index (χ4v) is 3.60. The number of nitrogens with zero attached hydrogens (tertiary/aromatic N) is 1. The summed E-state index contributed by atoms with van der Waals surface area (Å²) in [5, 5.41) is 3.94. The Morgan fingerprint density at radius 3 is 2.70 bits per heavy atom. The fraction of sp³-hybridized carbons (Fsp3) is 0.111. The van der Waals surface area contributed by atoms with Gasteiger partial charge in [0.2, 0.25) is 0 Å². The van der Waals surface area contributed by atoms with Crippen LogP contribution < -0.4 is 5.32 Å². The molecule has 0 aliphatic heterocycles. The summed E-state index contributed by atoms with van der Waals surface area (Å²) in [5.41, 5.74) is 2.71. The average molecular weight is 387 g/mol. The summed E-state index contributed by atoms with van der Waals surface area (Å²) in [6.07, 6.45) is 0. The highest BCUT2D eigenvalue weighted by molar-refractivity contribution is 9.10. The number of aryl methyl sites for hydroxylation is 1. The number of benzene rings is 2. The smallest absolute Gasteiger partial charge is 0.251 e. The van der Waals surface area contributed by atoms with Crippen molar-refractivity contribution >= 4 is 33.2 Å². The predicted molar refractivity (Wildman–Crippen MR) is 97.6 cm³/mol. The van der Waals surface area contributed by atoms with Crippen LogP contribution in [-0.2, 0) is 6.54 Å². The first-order chi connectivity index (χ1) is 11.1. The molecule has 0 saturated heterocycles. The first kappa shape index (κ1) is 15.9. The molecule has 1 N–H and O–H groups in total. The van der Waals surface area contributed by atoms with Crippen LogP contribution >= 0.6 is 27.3 Å². The zero-order valence-electron chi connectivity index (χ0n) is 12.5. The molecule has 3 aromatic rings. The lowest BCUT2D eigenvalue weighted by Crippen LogP contribution is -2.22. The van der Waals surface area contributed by atoms with Gasteiger partial charge in [0.05, 0.1) is 12.2 Å². The molecule has 3 rings (SSSR count). The summed E-state index contributed by atoms with van der Waals surface area (Å²) in [4.78, 5) is 17.9. The summed E-state index contributed by atoms with van der Waals surface area (Å²) in [5.74, 6) is -0.0830. The highest BCUT2D eigenvalue weighted by Crippen LogP contribution is 2.27. The molecule has 3 nitrogen and oxygen atoms in total. The van der Waals surface area contributed by atoms with Gasteiger partial charge in [-0.1, -0.05) is 52.3 Å². The number of nitrogens with one attached hydrogen (secondary N) is 1. The van der Waals surface area contributed by atoms with E-state index in [2.05, 4.69) is 26.2 Å². The Bertz CT molecular complexity index is 830. The van der Waals surface area contributed by atoms with Crippen LogP contribution in [0.5, 0.6) is 0 Å². The van der Waals surface area contributed by atoms with Crippen LogP contribution in [0.15, 0.2) is 59.1 Å². The van der Waals surface area contributed by atoms with E-state index in [1.54, 1.807) is 17.4 Å². The number of amides is 1. The monoisotopic (exact) mass is 386 g/mol. The highest BCUT2D eigenvalue weighted by Gasteiger charge is 2.11. The summed E-state index contributed by atoms with van der Waals surface area (Å²) < 4.78 is 0.894. The third kappa shape index (κ3) is 3.86. The Balaban J connectivity index is 1.71. The lowest BCUT2D eigenvalue weighted by atomic mass is 10.2. The molecule has 0 aliphatic rings. The fourth-order valence-electron chi connectivity index (χ4n) is 2.19. The van der Waals surface area contributed by atoms with E-state index in [0.717, 1.165) is 25.6 Å². The summed E-state index contributed by atoms with van der Waals surface area (Å²) in [6, 6.07) is 17.4. The zero-order valence-corrected chi connectivity index (χ0v) is 14.9. The number of carbonyl (C=O) groups is 1. The molecular weight excluding hydrogens is 372 g/mol. The highest BCUT2D eigenvalue weighted by atomic mass is 79.9. The number of hydrogen-bond acceptors (Lipinski definition) is 3. The maximum absolute atomic E-state index is 12.2. The van der Waals surface area contributed by atoms with E-state index in [4.69, 9.17) is 0 Å². The third-order valence-electron chi connectivity index (χ3n) is 3.41. The Hall–Kier alpha value is -1.98. The number of halogens is 1. The van der Waals surface area contributed by atoms with E-state index in [9.17, 15) is 4.79 Å². The predicted octanol–water partition coefficient (Wildman–Crippen LogP) is 4.81. The maximum atomic E-state index is 12.2. The van der Waals surface area contributed by atoms with Gasteiger partial charge in [-0.2, -0.15) is 0 Å². The number of thiazole rings is 1. The summed E-state index contributed by atoms with van der Waals surface area (Å²) >= 11 is 5.00. The topological polar surface area (TPSA) is 42.0 Å². The minimum Gasteiger partial charge on any atom is -0.347 e. The van der Waals surface area contributed by atoms with E-state index in [1.165, 1.54) is 0 Å². The molecule has 0 saturated carbocycles. The second kappa shape index (κ2) is 7.06. The molecule has 116 valence electrons. The third-order valence-corrected chi connectivity index (χ3v) is 5.11. The van der Waals surface area contributed by atoms with E-state index >= 15 is 0 Å². The van der Waals surface area contributed by atoms with Crippen molar-refractivity contribution in [3.63, 3.8) is 0 Å². The van der Waals surface area contributed by atoms with Gasteiger partial charge in [0.15, 0.2) is 0 Å². The first-order valence-electron chi connectivity index (χ1n) is 7.19. The molecule has 0 radical (unpaired) electrons. The van der Waals surface area contributed by atoms with Crippen molar-refractivity contribution < 1.29 is 4.79 Å². The van der Waals surface area contributed by atoms with Gasteiger partial charge in [0.25, 0.3) is 5.91 Å². The molecule has 0 fully saturated rings. The summed E-state index contributed by atoms with van der Waals surface area (Å²) in [7, 11) is 0. The quantitative estimate of drug-likeness (QED) is 0.698. The van der Waals surface area contributed by atoms with E-state index in [-0.39, 0.29) is 5.91 Å². The van der Waals surface area contributed by atoms with Crippen LogP contribution in [0.4, 0.5) is 0 Å². The van der Waals surface area contributed by atoms with Crippen LogP contribution in [0.1, 0.15) is 20.9 Å². The molecule has 23 heavy (non-hydrogen) atoms. The normalized spacial score (nSPS) is 10.5. The van der Waals surface area contributed by atoms with Gasteiger partial charge in [-0.15, -0.1) is 11.3 Å². The molecule has 1 amide bonds. The second-order valence-corrected chi connectivity index (χ2v) is 7.09. The van der Waals surface area contributed by atoms with E-state index in [1.807, 2.05) is 55.5 Å². The van der Waals surface area contributed by atoms with Gasteiger partial charge in [-0.05, 0) is 25.1 Å². The largest absolute Gasteiger partial charge is 0.347 e. The van der Waals surface area contributed by atoms with Crippen molar-refractivity contribution in [2.45, 2.75) is 13.5 Å². The van der Waals surface area contributed by atoms with Gasteiger partial charge in [-0.3, -0.25) is 4.79 Å². The second-order valence-electron chi connectivity index (χ2n) is 5.09. The van der Waals surface area contributed by atoms with Crippen LogP contribution in [0.3, 0.4) is 0 Å². The number of hydrogen-bond donors (Lipinski definition) is 1. The Morgan fingerprint density at radius 2 is 1.96 bits per heavy atom. The molecule has 0 aliphatic carbocycles. The molecule has 1 heterocycles. The van der Waals surface area contributed by atoms with E-state index < -0.39 is 0 Å². The van der Waals surface area contributed by atoms with Gasteiger partial charge >= 0.3 is 0 Å². The maximum Gasteiger partial charge on any atom is 0.251 e. The molecule has 0 atom stereocenters. The SMILES string of the molecule is Cc1nc(-c2ccccc2)sc1CNC(=O)c1cccc(Br)c1. The lowest BCUT2D eigenvalue weighted by Gasteiger charge is -2.04. The van der Waals surface area contributed by atoms with E-state index in [0.29, 0.717) is 12.1 Å². The van der Waals surface area contributed by atoms with Crippen molar-refractivity contribution in [2.24, 2.45) is 0 Å². The van der Waals surface area contributed by atoms with Crippen LogP contribution in [-0.4, -0.2) is 10.9 Å². The average Bonchev–Trinajstić information content (AvgIpc) is 2.94. The number of aromatic nitrogens is 1. The molecule has 1 aromatic heterocycles. The van der Waals surface area contributed by atoms with Gasteiger partial charge < -0.3 is 5.32 Å². The van der Waals surface area contributed by atoms with Gasteiger partial charge in [0, 0.05) is 20.5 Å². The molecule has 0 spiro atoms. The summed E-state index contributed by atoms with van der Waals surface area (Å²) in [6.45, 7) is 2.46. The van der Waals surface area contributed by atoms with Crippen molar-refractivity contribution in [2.75, 3.05) is 0 Å². The minimum absolute atomic E-state index is 0.0830. The number of rotatable bonds is 4. The molecule has 2 aromatic carbocycles. The Morgan fingerprint density at radius 1 is 1.17 bits per heavy atom. The zero-order chi connectivity index (χ0) is 16.2. The molecular formula is C18H15BrN2OS. The Kier molecular flexibility index (Phi) is 4.88. The van der Waals surface area contributed by atoms with Gasteiger partial charge in [-0.25, -0.2) is 4.98 Å². The van der Waals surface area contributed by atoms with Crippen molar-refractivity contribution in [1.82, 2.24) is 10.3 Å². The van der Waals surface area contributed by atoms with Crippen molar-refractivity contribution in [1.29, 1.82) is 0 Å². The van der Waals surface area contributed by atoms with Crippen LogP contribution in [0, 0.1) is 6.92 Å². The lowest BCUT2D eigenvalue weighted by molar-refractivity contribution is 0.0951. The van der Waals surface area contributed by atoms with Crippen molar-refractivity contribution in [3.8, 4) is 10.6 Å². The Labute approximate surface area is 147 Å². The first-order valence-corrected chi connectivity index (χ1v) is 8.80. The van der Waals surface area contributed by atoms with Crippen LogP contribution in [0.2, 0.25) is 0 Å². The molecule has 5 heteroatoms. The number of carbonyl (C=O) groups excluding carboxylic acids is 1. The minimum atomic E-state index is -0.0830.